The average molecular weight is 160 g/mol. The molecule has 3 heteroatoms. The topological polar surface area (TPSA) is 42.0 Å². The second-order valence-corrected chi connectivity index (χ2v) is 2.29. The number of nitrogens with one attached hydrogen (secondary N) is 1. The van der Waals surface area contributed by atoms with Gasteiger partial charge in [-0.25, -0.2) is 0 Å². The first kappa shape index (κ1) is 8.28. The van der Waals surface area contributed by atoms with Gasteiger partial charge in [0.15, 0.2) is 0 Å². The maximum atomic E-state index is 10.8. The van der Waals surface area contributed by atoms with Gasteiger partial charge < -0.3 is 5.32 Å². The summed E-state index contributed by atoms with van der Waals surface area (Å²) in [6.45, 7) is 1.87. The molecule has 1 amide bonds. The zero-order valence-corrected chi connectivity index (χ0v) is 6.66. The van der Waals surface area contributed by atoms with Crippen LogP contribution >= 0.6 is 0 Å². The van der Waals surface area contributed by atoms with Crippen molar-refractivity contribution in [3.05, 3.63) is 24.0 Å². The van der Waals surface area contributed by atoms with Gasteiger partial charge in [0.25, 0.3) is 5.91 Å². The van der Waals surface area contributed by atoms with Crippen LogP contribution in [0.3, 0.4) is 0 Å². The second kappa shape index (κ2) is 3.54. The van der Waals surface area contributed by atoms with E-state index in [-0.39, 0.29) is 0 Å². The molecule has 3 nitrogen and oxygen atoms in total. The van der Waals surface area contributed by atoms with Crippen molar-refractivity contribution in [1.82, 2.24) is 4.98 Å². The number of hydrogen-bond acceptors (Lipinski definition) is 2. The molecule has 0 spiro atoms. The first-order valence-corrected chi connectivity index (χ1v) is 3.42. The van der Waals surface area contributed by atoms with Gasteiger partial charge in [-0.1, -0.05) is 0 Å². The van der Waals surface area contributed by atoms with Crippen LogP contribution in [-0.4, -0.2) is 10.9 Å². The van der Waals surface area contributed by atoms with E-state index in [1.807, 2.05) is 12.8 Å². The molecule has 0 bridgehead atoms. The van der Waals surface area contributed by atoms with Gasteiger partial charge in [-0.05, 0) is 24.5 Å². The second-order valence-electron chi connectivity index (χ2n) is 2.29. The van der Waals surface area contributed by atoms with Crippen molar-refractivity contribution in [2.45, 2.75) is 6.92 Å². The Hall–Kier alpha value is -1.82. The largest absolute Gasteiger partial charge is 0.313 e. The number of terminal acetylenes is 1. The number of aryl methyl sites for hydroxylation is 1. The molecule has 0 unspecified atom stereocenters. The molecular weight excluding hydrogens is 152 g/mol. The van der Waals surface area contributed by atoms with Gasteiger partial charge >= 0.3 is 0 Å². The van der Waals surface area contributed by atoms with Gasteiger partial charge in [-0.15, -0.1) is 6.42 Å². The van der Waals surface area contributed by atoms with E-state index in [9.17, 15) is 4.79 Å². The summed E-state index contributed by atoms with van der Waals surface area (Å²) in [6, 6.07) is 1.80. The maximum Gasteiger partial charge on any atom is 0.300 e. The predicted octanol–water partition coefficient (Wildman–Crippen LogP) is 0.962. The normalized spacial score (nSPS) is 8.67. The fourth-order valence-corrected chi connectivity index (χ4v) is 0.753. The van der Waals surface area contributed by atoms with Crippen molar-refractivity contribution in [3.8, 4) is 12.3 Å². The van der Waals surface area contributed by atoms with Crippen LogP contribution in [0, 0.1) is 19.3 Å². The smallest absolute Gasteiger partial charge is 0.300 e. The number of carbonyl (C=O) groups is 1. The Morgan fingerprint density at radius 1 is 1.75 bits per heavy atom. The van der Waals surface area contributed by atoms with E-state index < -0.39 is 5.91 Å². The Bertz CT molecular complexity index is 339. The number of rotatable bonds is 1. The molecule has 0 atom stereocenters. The monoisotopic (exact) mass is 160 g/mol. The highest BCUT2D eigenvalue weighted by atomic mass is 16.1. The predicted molar refractivity (Wildman–Crippen MR) is 46.4 cm³/mol. The molecule has 0 aromatic carbocycles. The van der Waals surface area contributed by atoms with Crippen molar-refractivity contribution in [2.75, 3.05) is 5.32 Å². The zero-order valence-electron chi connectivity index (χ0n) is 6.66. The van der Waals surface area contributed by atoms with Crippen molar-refractivity contribution in [1.29, 1.82) is 0 Å². The van der Waals surface area contributed by atoms with Crippen LogP contribution in [0.15, 0.2) is 18.5 Å². The van der Waals surface area contributed by atoms with Crippen LogP contribution in [0.5, 0.6) is 0 Å². The minimum atomic E-state index is -0.453. The third kappa shape index (κ3) is 1.83. The van der Waals surface area contributed by atoms with Gasteiger partial charge in [-0.2, -0.15) is 0 Å². The van der Waals surface area contributed by atoms with E-state index in [4.69, 9.17) is 6.42 Å². The lowest BCUT2D eigenvalue weighted by atomic mass is 10.2. The molecule has 1 aromatic heterocycles. The summed E-state index contributed by atoms with van der Waals surface area (Å²) in [6.07, 6.45) is 8.10. The lowest BCUT2D eigenvalue weighted by Crippen LogP contribution is -2.09. The Morgan fingerprint density at radius 3 is 3.08 bits per heavy atom. The van der Waals surface area contributed by atoms with Crippen molar-refractivity contribution in [2.24, 2.45) is 0 Å². The van der Waals surface area contributed by atoms with E-state index in [1.165, 1.54) is 0 Å². The zero-order chi connectivity index (χ0) is 8.97. The lowest BCUT2D eigenvalue weighted by Gasteiger charge is -2.02. The first-order valence-electron chi connectivity index (χ1n) is 3.42. The molecule has 0 saturated carbocycles. The Balaban J connectivity index is 2.84. The van der Waals surface area contributed by atoms with Crippen LogP contribution in [0.4, 0.5) is 5.69 Å². The number of pyridine rings is 1. The maximum absolute atomic E-state index is 10.8. The number of nitrogens with zero attached hydrogens (tertiary/aromatic N) is 1. The third-order valence-corrected chi connectivity index (χ3v) is 1.42. The average Bonchev–Trinajstić information content (AvgIpc) is 2.09. The number of hydrogen-bond donors (Lipinski definition) is 1. The highest BCUT2D eigenvalue weighted by Gasteiger charge is 1.99. The summed E-state index contributed by atoms with van der Waals surface area (Å²) >= 11 is 0. The van der Waals surface area contributed by atoms with Gasteiger partial charge in [0, 0.05) is 6.20 Å². The molecule has 1 N–H and O–H groups in total. The summed E-state index contributed by atoms with van der Waals surface area (Å²) in [7, 11) is 0. The Morgan fingerprint density at radius 2 is 2.50 bits per heavy atom. The third-order valence-electron chi connectivity index (χ3n) is 1.42. The highest BCUT2D eigenvalue weighted by Crippen LogP contribution is 2.10. The van der Waals surface area contributed by atoms with Gasteiger partial charge in [0.1, 0.15) is 0 Å². The highest BCUT2D eigenvalue weighted by molar-refractivity contribution is 6.03. The summed E-state index contributed by atoms with van der Waals surface area (Å²) in [5.41, 5.74) is 1.59. The van der Waals surface area contributed by atoms with Crippen molar-refractivity contribution < 1.29 is 4.79 Å². The minimum absolute atomic E-state index is 0.453. The standard InChI is InChI=1S/C9H8N2O/c1-3-9(12)11-8-6-10-5-4-7(8)2/h1,4-6H,2H3,(H,11,12). The molecule has 0 aliphatic heterocycles. The van der Waals surface area contributed by atoms with Gasteiger partial charge in [-0.3, -0.25) is 9.78 Å². The number of aromatic nitrogens is 1. The van der Waals surface area contributed by atoms with E-state index in [1.54, 1.807) is 18.5 Å². The van der Waals surface area contributed by atoms with Crippen molar-refractivity contribution in [3.63, 3.8) is 0 Å². The van der Waals surface area contributed by atoms with E-state index >= 15 is 0 Å². The van der Waals surface area contributed by atoms with E-state index in [0.717, 1.165) is 5.56 Å². The molecule has 0 saturated heterocycles. The SMILES string of the molecule is C#CC(=O)Nc1cnccc1C. The fraction of sp³-hybridized carbons (Fsp3) is 0.111. The van der Waals surface area contributed by atoms with Crippen LogP contribution < -0.4 is 5.32 Å². The first-order chi connectivity index (χ1) is 5.74. The molecule has 12 heavy (non-hydrogen) atoms. The van der Waals surface area contributed by atoms with Crippen LogP contribution in [0.25, 0.3) is 0 Å². The molecule has 0 aliphatic rings. The molecule has 1 aromatic rings. The molecular formula is C9H8N2O. The molecule has 60 valence electrons. The quantitative estimate of drug-likeness (QED) is 0.622. The Labute approximate surface area is 70.8 Å². The van der Waals surface area contributed by atoms with Crippen LogP contribution in [0.2, 0.25) is 0 Å². The van der Waals surface area contributed by atoms with Crippen LogP contribution in [-0.2, 0) is 4.79 Å². The van der Waals surface area contributed by atoms with Crippen LogP contribution in [0.1, 0.15) is 5.56 Å². The minimum Gasteiger partial charge on any atom is -0.313 e. The number of carbonyl (C=O) groups excluding carboxylic acids is 1. The van der Waals surface area contributed by atoms with Gasteiger partial charge in [0.2, 0.25) is 0 Å². The molecule has 1 heterocycles. The summed E-state index contributed by atoms with van der Waals surface area (Å²) in [5.74, 6) is 1.51. The number of amides is 1. The fourth-order valence-electron chi connectivity index (χ4n) is 0.753. The molecule has 0 aliphatic carbocycles. The summed E-state index contributed by atoms with van der Waals surface area (Å²) in [5, 5.41) is 2.52. The van der Waals surface area contributed by atoms with E-state index in [0.29, 0.717) is 5.69 Å². The molecule has 0 fully saturated rings. The molecule has 0 radical (unpaired) electrons. The number of anilines is 1. The van der Waals surface area contributed by atoms with E-state index in [2.05, 4.69) is 10.3 Å². The van der Waals surface area contributed by atoms with Crippen molar-refractivity contribution >= 4 is 11.6 Å². The molecule has 1 rings (SSSR count). The lowest BCUT2D eigenvalue weighted by molar-refractivity contribution is -0.111. The summed E-state index contributed by atoms with van der Waals surface area (Å²) < 4.78 is 0. The van der Waals surface area contributed by atoms with Gasteiger partial charge in [0.05, 0.1) is 11.9 Å². The summed E-state index contributed by atoms with van der Waals surface area (Å²) in [4.78, 5) is 14.6. The Kier molecular flexibility index (Phi) is 2.44.